The molecule has 2 fully saturated rings. The Bertz CT molecular complexity index is 228. The lowest BCUT2D eigenvalue weighted by atomic mass is 9.90. The third kappa shape index (κ3) is 4.19. The fourth-order valence-corrected chi connectivity index (χ4v) is 3.16. The summed E-state index contributed by atoms with van der Waals surface area (Å²) in [6, 6.07) is 1.29. The van der Waals surface area contributed by atoms with Crippen LogP contribution >= 0.6 is 0 Å². The molecule has 2 aliphatic rings. The van der Waals surface area contributed by atoms with E-state index < -0.39 is 0 Å². The molecule has 0 aromatic rings. The van der Waals surface area contributed by atoms with Crippen molar-refractivity contribution in [1.82, 2.24) is 14.7 Å². The number of piperazine rings is 1. The molecule has 0 spiro atoms. The molecule has 0 bridgehead atoms. The molecular formula is C14H30N4. The molecule has 1 aliphatic carbocycles. The molecule has 1 saturated carbocycles. The second-order valence-corrected chi connectivity index (χ2v) is 6.25. The quantitative estimate of drug-likeness (QED) is 0.789. The predicted octanol–water partition coefficient (Wildman–Crippen LogP) is 0.436. The summed E-state index contributed by atoms with van der Waals surface area (Å²) in [5.74, 6) is 0. The van der Waals surface area contributed by atoms with Gasteiger partial charge in [0.2, 0.25) is 0 Å². The van der Waals surface area contributed by atoms with Gasteiger partial charge in [0, 0.05) is 51.4 Å². The van der Waals surface area contributed by atoms with Gasteiger partial charge in [0.15, 0.2) is 0 Å². The number of likely N-dealkylation sites (N-methyl/N-ethyl adjacent to an activating group) is 1. The summed E-state index contributed by atoms with van der Waals surface area (Å²) >= 11 is 0. The van der Waals surface area contributed by atoms with E-state index in [2.05, 4.69) is 28.8 Å². The van der Waals surface area contributed by atoms with Crippen LogP contribution in [0.1, 0.15) is 25.7 Å². The van der Waals surface area contributed by atoms with Crippen LogP contribution in [0.5, 0.6) is 0 Å². The van der Waals surface area contributed by atoms with E-state index in [0.717, 1.165) is 6.04 Å². The molecule has 0 aromatic carbocycles. The Hall–Kier alpha value is -0.160. The van der Waals surface area contributed by atoms with Crippen LogP contribution in [-0.2, 0) is 0 Å². The van der Waals surface area contributed by atoms with Crippen LogP contribution in [0.2, 0.25) is 0 Å². The van der Waals surface area contributed by atoms with E-state index in [4.69, 9.17) is 5.73 Å². The Morgan fingerprint density at radius 3 is 2.17 bits per heavy atom. The minimum absolute atomic E-state index is 0.475. The van der Waals surface area contributed by atoms with Gasteiger partial charge in [0.25, 0.3) is 0 Å². The first-order valence-electron chi connectivity index (χ1n) is 7.52. The van der Waals surface area contributed by atoms with Crippen molar-refractivity contribution < 1.29 is 0 Å². The summed E-state index contributed by atoms with van der Waals surface area (Å²) in [6.07, 6.45) is 5.09. The van der Waals surface area contributed by atoms with Crippen LogP contribution in [0, 0.1) is 0 Å². The molecular weight excluding hydrogens is 224 g/mol. The molecule has 0 atom stereocenters. The minimum atomic E-state index is 0.475. The molecule has 0 amide bonds. The normalized spacial score (nSPS) is 32.0. The van der Waals surface area contributed by atoms with E-state index in [1.807, 2.05) is 0 Å². The smallest absolute Gasteiger partial charge is 0.0113 e. The number of nitrogens with zero attached hydrogens (tertiary/aromatic N) is 3. The zero-order chi connectivity index (χ0) is 13.0. The summed E-state index contributed by atoms with van der Waals surface area (Å²) in [6.45, 7) is 7.40. The maximum atomic E-state index is 5.99. The topological polar surface area (TPSA) is 35.7 Å². The highest BCUT2D eigenvalue weighted by atomic mass is 15.3. The lowest BCUT2D eigenvalue weighted by molar-refractivity contribution is 0.0734. The molecule has 1 saturated heterocycles. The summed E-state index contributed by atoms with van der Waals surface area (Å²) in [4.78, 5) is 7.58. The molecule has 2 N–H and O–H groups in total. The fourth-order valence-electron chi connectivity index (χ4n) is 3.16. The second kappa shape index (κ2) is 6.85. The van der Waals surface area contributed by atoms with Crippen molar-refractivity contribution in [1.29, 1.82) is 0 Å². The van der Waals surface area contributed by atoms with Gasteiger partial charge in [0.1, 0.15) is 0 Å². The highest BCUT2D eigenvalue weighted by molar-refractivity contribution is 4.84. The van der Waals surface area contributed by atoms with Gasteiger partial charge in [-0.05, 0) is 39.8 Å². The van der Waals surface area contributed by atoms with Gasteiger partial charge >= 0.3 is 0 Å². The van der Waals surface area contributed by atoms with Crippen LogP contribution in [0.25, 0.3) is 0 Å². The molecule has 0 unspecified atom stereocenters. The predicted molar refractivity (Wildman–Crippen MR) is 76.8 cm³/mol. The van der Waals surface area contributed by atoms with Gasteiger partial charge in [0.05, 0.1) is 0 Å². The largest absolute Gasteiger partial charge is 0.328 e. The van der Waals surface area contributed by atoms with Crippen molar-refractivity contribution >= 4 is 0 Å². The van der Waals surface area contributed by atoms with Crippen molar-refractivity contribution in [2.24, 2.45) is 5.73 Å². The first kappa shape index (κ1) is 14.3. The van der Waals surface area contributed by atoms with Crippen LogP contribution < -0.4 is 5.73 Å². The average molecular weight is 254 g/mol. The van der Waals surface area contributed by atoms with Crippen molar-refractivity contribution in [3.05, 3.63) is 0 Å². The average Bonchev–Trinajstić information content (AvgIpc) is 2.38. The summed E-state index contributed by atoms with van der Waals surface area (Å²) in [5.41, 5.74) is 5.99. The van der Waals surface area contributed by atoms with Crippen molar-refractivity contribution in [2.45, 2.75) is 37.8 Å². The third-order valence-corrected chi connectivity index (χ3v) is 4.53. The van der Waals surface area contributed by atoms with Gasteiger partial charge in [-0.3, -0.25) is 9.80 Å². The van der Waals surface area contributed by atoms with Gasteiger partial charge in [-0.2, -0.15) is 0 Å². The first-order valence-corrected chi connectivity index (χ1v) is 7.52. The van der Waals surface area contributed by atoms with Crippen LogP contribution in [0.15, 0.2) is 0 Å². The van der Waals surface area contributed by atoms with E-state index in [9.17, 15) is 0 Å². The maximum absolute atomic E-state index is 5.99. The Morgan fingerprint density at radius 1 is 1.00 bits per heavy atom. The number of hydrogen-bond donors (Lipinski definition) is 1. The molecule has 4 heteroatoms. The standard InChI is InChI=1S/C14H30N4/c1-16(2)7-8-17-9-11-18(12-10-17)14-5-3-13(15)4-6-14/h13-14H,3-12,15H2,1-2H3. The zero-order valence-electron chi connectivity index (χ0n) is 12.1. The second-order valence-electron chi connectivity index (χ2n) is 6.25. The summed E-state index contributed by atoms with van der Waals surface area (Å²) in [5, 5.41) is 0. The zero-order valence-corrected chi connectivity index (χ0v) is 12.1. The van der Waals surface area contributed by atoms with Gasteiger partial charge in [-0.15, -0.1) is 0 Å². The third-order valence-electron chi connectivity index (χ3n) is 4.53. The van der Waals surface area contributed by atoms with Crippen molar-refractivity contribution in [3.63, 3.8) is 0 Å². The van der Waals surface area contributed by atoms with Gasteiger partial charge < -0.3 is 10.6 Å². The molecule has 18 heavy (non-hydrogen) atoms. The Labute approximate surface area is 112 Å². The Morgan fingerprint density at radius 2 is 1.61 bits per heavy atom. The molecule has 1 heterocycles. The van der Waals surface area contributed by atoms with E-state index in [-0.39, 0.29) is 0 Å². The lowest BCUT2D eigenvalue weighted by Crippen LogP contribution is -2.52. The summed E-state index contributed by atoms with van der Waals surface area (Å²) < 4.78 is 0. The van der Waals surface area contributed by atoms with Crippen LogP contribution in [-0.4, -0.2) is 80.1 Å². The van der Waals surface area contributed by atoms with Crippen molar-refractivity contribution in [3.8, 4) is 0 Å². The van der Waals surface area contributed by atoms with E-state index in [1.165, 1.54) is 65.0 Å². The molecule has 106 valence electrons. The Kier molecular flexibility index (Phi) is 5.42. The van der Waals surface area contributed by atoms with Crippen molar-refractivity contribution in [2.75, 3.05) is 53.4 Å². The highest BCUT2D eigenvalue weighted by Gasteiger charge is 2.26. The van der Waals surface area contributed by atoms with Crippen LogP contribution in [0.4, 0.5) is 0 Å². The molecule has 2 rings (SSSR count). The first-order chi connectivity index (χ1) is 8.65. The highest BCUT2D eigenvalue weighted by Crippen LogP contribution is 2.22. The minimum Gasteiger partial charge on any atom is -0.328 e. The van der Waals surface area contributed by atoms with E-state index in [0.29, 0.717) is 6.04 Å². The monoisotopic (exact) mass is 254 g/mol. The molecule has 0 radical (unpaired) electrons. The summed E-state index contributed by atoms with van der Waals surface area (Å²) in [7, 11) is 4.31. The van der Waals surface area contributed by atoms with Gasteiger partial charge in [-0.1, -0.05) is 0 Å². The number of hydrogen-bond acceptors (Lipinski definition) is 4. The van der Waals surface area contributed by atoms with E-state index in [1.54, 1.807) is 0 Å². The van der Waals surface area contributed by atoms with E-state index >= 15 is 0 Å². The number of nitrogens with two attached hydrogens (primary N) is 1. The lowest BCUT2D eigenvalue weighted by Gasteiger charge is -2.41. The number of rotatable bonds is 4. The molecule has 4 nitrogen and oxygen atoms in total. The van der Waals surface area contributed by atoms with Crippen LogP contribution in [0.3, 0.4) is 0 Å². The SMILES string of the molecule is CN(C)CCN1CCN(C2CCC(N)CC2)CC1. The van der Waals surface area contributed by atoms with Gasteiger partial charge in [-0.25, -0.2) is 0 Å². The molecule has 0 aromatic heterocycles. The molecule has 1 aliphatic heterocycles. The maximum Gasteiger partial charge on any atom is 0.0113 e. The fraction of sp³-hybridized carbons (Fsp3) is 1.00. The Balaban J connectivity index is 1.67.